The first-order valence-electron chi connectivity index (χ1n) is 6.49. The molecule has 1 saturated heterocycles. The predicted molar refractivity (Wildman–Crippen MR) is 71.6 cm³/mol. The van der Waals surface area contributed by atoms with Gasteiger partial charge in [0.15, 0.2) is 0 Å². The molecule has 1 aromatic rings. The van der Waals surface area contributed by atoms with Crippen LogP contribution in [0.2, 0.25) is 0 Å². The minimum absolute atomic E-state index is 0.221. The van der Waals surface area contributed by atoms with Crippen molar-refractivity contribution in [3.05, 3.63) is 29.6 Å². The number of β-amino-alcohol motifs (C(OH)–C–C–N with tert-alkyl or cyclic N) is 1. The van der Waals surface area contributed by atoms with Crippen molar-refractivity contribution in [3.63, 3.8) is 0 Å². The zero-order valence-electron chi connectivity index (χ0n) is 11.0. The average Bonchev–Trinajstić information content (AvgIpc) is 2.42. The number of hydrogen-bond donors (Lipinski definition) is 2. The molecular formula is C13H20N4O2. The molecule has 1 aliphatic heterocycles. The van der Waals surface area contributed by atoms with E-state index in [9.17, 15) is 4.79 Å². The summed E-state index contributed by atoms with van der Waals surface area (Å²) in [7, 11) is 0. The van der Waals surface area contributed by atoms with Crippen molar-refractivity contribution in [1.29, 1.82) is 0 Å². The Hall–Kier alpha value is -1.50. The number of nitrogens with two attached hydrogens (primary N) is 1. The van der Waals surface area contributed by atoms with Gasteiger partial charge in [-0.15, -0.1) is 0 Å². The molecule has 0 aliphatic carbocycles. The number of rotatable bonds is 5. The maximum Gasteiger partial charge on any atom is 0.267 e. The molecule has 0 bridgehead atoms. The minimum Gasteiger partial charge on any atom is -0.395 e. The first kappa shape index (κ1) is 13.9. The highest BCUT2D eigenvalue weighted by Crippen LogP contribution is 2.08. The van der Waals surface area contributed by atoms with Crippen molar-refractivity contribution >= 4 is 5.91 Å². The highest BCUT2D eigenvalue weighted by Gasteiger charge is 2.16. The standard InChI is InChI=1S/C13H20N4O2/c14-13(19)12-2-1-11(9-15-12)10-17-5-3-16(4-6-17)7-8-18/h1-2,9,18H,3-8,10H2,(H2,14,19). The maximum atomic E-state index is 10.9. The first-order valence-corrected chi connectivity index (χ1v) is 6.49. The van der Waals surface area contributed by atoms with Crippen LogP contribution in [0.15, 0.2) is 18.3 Å². The number of aliphatic hydroxyl groups excluding tert-OH is 1. The summed E-state index contributed by atoms with van der Waals surface area (Å²) in [6.07, 6.45) is 1.71. The Bertz CT molecular complexity index is 413. The average molecular weight is 264 g/mol. The van der Waals surface area contributed by atoms with Crippen LogP contribution in [0.1, 0.15) is 16.1 Å². The molecule has 2 rings (SSSR count). The van der Waals surface area contributed by atoms with E-state index < -0.39 is 5.91 Å². The number of aromatic nitrogens is 1. The molecule has 0 radical (unpaired) electrons. The molecule has 1 aromatic heterocycles. The molecule has 0 aromatic carbocycles. The number of amides is 1. The Morgan fingerprint density at radius 3 is 2.47 bits per heavy atom. The number of piperazine rings is 1. The summed E-state index contributed by atoms with van der Waals surface area (Å²) in [5, 5.41) is 8.89. The van der Waals surface area contributed by atoms with Crippen LogP contribution in [0.4, 0.5) is 0 Å². The SMILES string of the molecule is NC(=O)c1ccc(CN2CCN(CCO)CC2)cn1. The molecule has 19 heavy (non-hydrogen) atoms. The molecule has 0 spiro atoms. The molecule has 1 amide bonds. The number of hydrogen-bond acceptors (Lipinski definition) is 5. The summed E-state index contributed by atoms with van der Waals surface area (Å²) >= 11 is 0. The van der Waals surface area contributed by atoms with E-state index in [1.807, 2.05) is 6.07 Å². The largest absolute Gasteiger partial charge is 0.395 e. The van der Waals surface area contributed by atoms with Gasteiger partial charge in [0.2, 0.25) is 0 Å². The molecule has 6 heteroatoms. The topological polar surface area (TPSA) is 82.7 Å². The van der Waals surface area contributed by atoms with E-state index in [0.29, 0.717) is 5.69 Å². The van der Waals surface area contributed by atoms with Gasteiger partial charge >= 0.3 is 0 Å². The van der Waals surface area contributed by atoms with Crippen molar-refractivity contribution in [1.82, 2.24) is 14.8 Å². The van der Waals surface area contributed by atoms with Crippen LogP contribution >= 0.6 is 0 Å². The normalized spacial score (nSPS) is 17.5. The van der Waals surface area contributed by atoms with Gasteiger partial charge in [0.25, 0.3) is 5.91 Å². The van der Waals surface area contributed by atoms with Crippen molar-refractivity contribution in [2.45, 2.75) is 6.54 Å². The van der Waals surface area contributed by atoms with E-state index in [1.54, 1.807) is 12.3 Å². The Kier molecular flexibility index (Phi) is 4.84. The van der Waals surface area contributed by atoms with E-state index in [1.165, 1.54) is 0 Å². The summed E-state index contributed by atoms with van der Waals surface area (Å²) < 4.78 is 0. The molecular weight excluding hydrogens is 244 g/mol. The molecule has 0 atom stereocenters. The van der Waals surface area contributed by atoms with Crippen LogP contribution < -0.4 is 5.73 Å². The molecule has 2 heterocycles. The third kappa shape index (κ3) is 3.99. The van der Waals surface area contributed by atoms with Gasteiger partial charge in [0, 0.05) is 45.5 Å². The number of carbonyl (C=O) groups is 1. The first-order chi connectivity index (χ1) is 9.19. The van der Waals surface area contributed by atoms with E-state index in [2.05, 4.69) is 14.8 Å². The van der Waals surface area contributed by atoms with Gasteiger partial charge in [-0.1, -0.05) is 6.07 Å². The highest BCUT2D eigenvalue weighted by atomic mass is 16.3. The van der Waals surface area contributed by atoms with Gasteiger partial charge in [0.05, 0.1) is 6.61 Å². The van der Waals surface area contributed by atoms with Gasteiger partial charge in [-0.3, -0.25) is 19.6 Å². The Labute approximate surface area is 112 Å². The fourth-order valence-corrected chi connectivity index (χ4v) is 2.23. The van der Waals surface area contributed by atoms with Crippen molar-refractivity contribution in [2.75, 3.05) is 39.3 Å². The van der Waals surface area contributed by atoms with Crippen molar-refractivity contribution in [3.8, 4) is 0 Å². The lowest BCUT2D eigenvalue weighted by Crippen LogP contribution is -2.46. The zero-order valence-corrected chi connectivity index (χ0v) is 11.0. The maximum absolute atomic E-state index is 10.9. The lowest BCUT2D eigenvalue weighted by atomic mass is 10.2. The van der Waals surface area contributed by atoms with Crippen LogP contribution in [-0.4, -0.2) is 65.1 Å². The predicted octanol–water partition coefficient (Wildman–Crippen LogP) is -0.710. The second-order valence-electron chi connectivity index (χ2n) is 4.76. The lowest BCUT2D eigenvalue weighted by Gasteiger charge is -2.34. The number of nitrogens with zero attached hydrogens (tertiary/aromatic N) is 3. The quantitative estimate of drug-likeness (QED) is 0.734. The van der Waals surface area contributed by atoms with Gasteiger partial charge < -0.3 is 10.8 Å². The van der Waals surface area contributed by atoms with E-state index >= 15 is 0 Å². The van der Waals surface area contributed by atoms with Crippen LogP contribution in [0.25, 0.3) is 0 Å². The Balaban J connectivity index is 1.83. The summed E-state index contributed by atoms with van der Waals surface area (Å²) in [5.74, 6) is -0.496. The molecule has 1 fully saturated rings. The monoisotopic (exact) mass is 264 g/mol. The summed E-state index contributed by atoms with van der Waals surface area (Å²) in [6.45, 7) is 5.73. The number of carbonyl (C=O) groups excluding carboxylic acids is 1. The third-order valence-corrected chi connectivity index (χ3v) is 3.36. The van der Waals surface area contributed by atoms with Crippen LogP contribution in [-0.2, 0) is 6.54 Å². The van der Waals surface area contributed by atoms with Crippen LogP contribution in [0.3, 0.4) is 0 Å². The molecule has 6 nitrogen and oxygen atoms in total. The second-order valence-corrected chi connectivity index (χ2v) is 4.76. The van der Waals surface area contributed by atoms with E-state index in [4.69, 9.17) is 10.8 Å². The highest BCUT2D eigenvalue weighted by molar-refractivity contribution is 5.90. The number of aliphatic hydroxyl groups is 1. The zero-order chi connectivity index (χ0) is 13.7. The molecule has 0 unspecified atom stereocenters. The van der Waals surface area contributed by atoms with Crippen molar-refractivity contribution < 1.29 is 9.90 Å². The lowest BCUT2D eigenvalue weighted by molar-refractivity contribution is 0.0995. The number of pyridine rings is 1. The molecule has 104 valence electrons. The smallest absolute Gasteiger partial charge is 0.267 e. The van der Waals surface area contributed by atoms with E-state index in [0.717, 1.165) is 44.8 Å². The van der Waals surface area contributed by atoms with Gasteiger partial charge in [0.1, 0.15) is 5.69 Å². The van der Waals surface area contributed by atoms with Crippen LogP contribution in [0, 0.1) is 0 Å². The summed E-state index contributed by atoms with van der Waals surface area (Å²) in [4.78, 5) is 19.6. The van der Waals surface area contributed by atoms with E-state index in [-0.39, 0.29) is 6.61 Å². The summed E-state index contributed by atoms with van der Waals surface area (Å²) in [6, 6.07) is 3.56. The Morgan fingerprint density at radius 1 is 1.26 bits per heavy atom. The molecule has 3 N–H and O–H groups in total. The van der Waals surface area contributed by atoms with Gasteiger partial charge in [-0.25, -0.2) is 0 Å². The second kappa shape index (κ2) is 6.60. The molecule has 0 saturated carbocycles. The van der Waals surface area contributed by atoms with Gasteiger partial charge in [-0.05, 0) is 11.6 Å². The summed E-state index contributed by atoms with van der Waals surface area (Å²) in [5.41, 5.74) is 6.54. The van der Waals surface area contributed by atoms with Gasteiger partial charge in [-0.2, -0.15) is 0 Å². The molecule has 1 aliphatic rings. The third-order valence-electron chi connectivity index (χ3n) is 3.36. The Morgan fingerprint density at radius 2 is 1.95 bits per heavy atom. The number of primary amides is 1. The van der Waals surface area contributed by atoms with Crippen LogP contribution in [0.5, 0.6) is 0 Å². The van der Waals surface area contributed by atoms with Crippen molar-refractivity contribution in [2.24, 2.45) is 5.73 Å². The fourth-order valence-electron chi connectivity index (χ4n) is 2.23. The minimum atomic E-state index is -0.496. The fraction of sp³-hybridized carbons (Fsp3) is 0.538.